The maximum Gasteiger partial charge on any atom is 0.322 e. The number of halogens is 1. The summed E-state index contributed by atoms with van der Waals surface area (Å²) >= 11 is 0. The zero-order valence-corrected chi connectivity index (χ0v) is 13.5. The number of nitrogens with one attached hydrogen (secondary N) is 2. The summed E-state index contributed by atoms with van der Waals surface area (Å²) in [5.41, 5.74) is 1.38. The fourth-order valence-electron chi connectivity index (χ4n) is 3.44. The first-order valence-electron chi connectivity index (χ1n) is 8.59. The van der Waals surface area contributed by atoms with Crippen LogP contribution in [0.25, 0.3) is 0 Å². The van der Waals surface area contributed by atoms with Gasteiger partial charge >= 0.3 is 6.03 Å². The van der Waals surface area contributed by atoms with Gasteiger partial charge in [0.1, 0.15) is 11.6 Å². The van der Waals surface area contributed by atoms with Gasteiger partial charge in [0.2, 0.25) is 0 Å². The Bertz CT molecular complexity index is 727. The highest BCUT2D eigenvalue weighted by Crippen LogP contribution is 2.42. The van der Waals surface area contributed by atoms with Crippen molar-refractivity contribution >= 4 is 11.7 Å². The average Bonchev–Trinajstić information content (AvgIpc) is 3.30. The lowest BCUT2D eigenvalue weighted by Crippen LogP contribution is -2.41. The number of urea groups is 1. The van der Waals surface area contributed by atoms with Crippen LogP contribution < -0.4 is 5.32 Å². The van der Waals surface area contributed by atoms with Crippen molar-refractivity contribution in [2.24, 2.45) is 0 Å². The largest absolute Gasteiger partial charge is 0.347 e. The van der Waals surface area contributed by atoms with Crippen LogP contribution in [0.3, 0.4) is 0 Å². The third kappa shape index (κ3) is 3.00. The van der Waals surface area contributed by atoms with Gasteiger partial charge in [0.05, 0.1) is 6.04 Å². The maximum atomic E-state index is 13.9. The Hall–Kier alpha value is -2.37. The molecular formula is C18H21FN4O. The molecule has 0 spiro atoms. The summed E-state index contributed by atoms with van der Waals surface area (Å²) in [6.07, 6.45) is 8.52. The quantitative estimate of drug-likeness (QED) is 0.887. The number of likely N-dealkylation sites (tertiary alicyclic amines) is 1. The number of carbonyl (C=O) groups is 1. The molecule has 2 heterocycles. The summed E-state index contributed by atoms with van der Waals surface area (Å²) < 4.78 is 13.9. The van der Waals surface area contributed by atoms with E-state index in [4.69, 9.17) is 0 Å². The highest BCUT2D eigenvalue weighted by Gasteiger charge is 2.30. The molecule has 1 saturated carbocycles. The summed E-state index contributed by atoms with van der Waals surface area (Å²) in [5, 5.41) is 2.93. The van der Waals surface area contributed by atoms with Gasteiger partial charge in [0, 0.05) is 24.6 Å². The molecule has 6 heteroatoms. The van der Waals surface area contributed by atoms with E-state index >= 15 is 0 Å². The highest BCUT2D eigenvalue weighted by molar-refractivity contribution is 5.89. The molecule has 126 valence electrons. The van der Waals surface area contributed by atoms with Crippen LogP contribution in [-0.2, 0) is 0 Å². The second kappa shape index (κ2) is 6.26. The molecule has 0 bridgehead atoms. The molecule has 2 aliphatic rings. The smallest absolute Gasteiger partial charge is 0.322 e. The number of H-pyrrole nitrogens is 1. The number of aromatic amines is 1. The van der Waals surface area contributed by atoms with Crippen molar-refractivity contribution in [1.82, 2.24) is 14.9 Å². The van der Waals surface area contributed by atoms with Gasteiger partial charge in [-0.1, -0.05) is 0 Å². The molecule has 4 rings (SSSR count). The molecule has 24 heavy (non-hydrogen) atoms. The van der Waals surface area contributed by atoms with Gasteiger partial charge in [-0.3, -0.25) is 0 Å². The molecule has 1 aromatic heterocycles. The fraction of sp³-hybridized carbons (Fsp3) is 0.444. The number of aromatic nitrogens is 2. The van der Waals surface area contributed by atoms with Gasteiger partial charge in [-0.05, 0) is 61.8 Å². The monoisotopic (exact) mass is 328 g/mol. The molecule has 1 saturated heterocycles. The minimum Gasteiger partial charge on any atom is -0.347 e. The number of nitrogens with zero attached hydrogens (tertiary/aromatic N) is 2. The van der Waals surface area contributed by atoms with Gasteiger partial charge in [0.25, 0.3) is 0 Å². The first-order valence-corrected chi connectivity index (χ1v) is 8.59. The van der Waals surface area contributed by atoms with Crippen LogP contribution in [0, 0.1) is 5.82 Å². The summed E-state index contributed by atoms with van der Waals surface area (Å²) in [4.78, 5) is 22.0. The van der Waals surface area contributed by atoms with E-state index in [1.165, 1.54) is 6.07 Å². The fourth-order valence-corrected chi connectivity index (χ4v) is 3.44. The maximum absolute atomic E-state index is 13.9. The van der Waals surface area contributed by atoms with Crippen molar-refractivity contribution < 1.29 is 9.18 Å². The van der Waals surface area contributed by atoms with Gasteiger partial charge in [-0.25, -0.2) is 14.2 Å². The van der Waals surface area contributed by atoms with E-state index < -0.39 is 0 Å². The first kappa shape index (κ1) is 15.2. The lowest BCUT2D eigenvalue weighted by atomic mass is 10.0. The summed E-state index contributed by atoms with van der Waals surface area (Å²) in [7, 11) is 0. The number of imidazole rings is 1. The molecule has 1 aliphatic carbocycles. The lowest BCUT2D eigenvalue weighted by Gasteiger charge is -2.34. The van der Waals surface area contributed by atoms with E-state index in [0.717, 1.165) is 37.9 Å². The van der Waals surface area contributed by atoms with Crippen molar-refractivity contribution in [3.8, 4) is 0 Å². The highest BCUT2D eigenvalue weighted by atomic mass is 19.1. The molecule has 1 atom stereocenters. The Morgan fingerprint density at radius 2 is 2.17 bits per heavy atom. The molecule has 0 radical (unpaired) electrons. The van der Waals surface area contributed by atoms with Gasteiger partial charge in [-0.2, -0.15) is 0 Å². The standard InChI is InChI=1S/C18H21FN4O/c19-15-7-6-13(11-14(15)12-4-5-12)22-18(24)23-10-2-1-3-16(23)17-20-8-9-21-17/h6-9,11-12,16H,1-5,10H2,(H,20,21)(H,22,24). The van der Waals surface area contributed by atoms with E-state index in [0.29, 0.717) is 23.7 Å². The molecular weight excluding hydrogens is 307 g/mol. The normalized spacial score (nSPS) is 20.9. The van der Waals surface area contributed by atoms with Crippen molar-refractivity contribution in [2.45, 2.75) is 44.1 Å². The molecule has 2 N–H and O–H groups in total. The predicted octanol–water partition coefficient (Wildman–Crippen LogP) is 4.19. The number of benzene rings is 1. The topological polar surface area (TPSA) is 61.0 Å². The minimum atomic E-state index is -0.179. The van der Waals surface area contributed by atoms with Crippen LogP contribution in [0.15, 0.2) is 30.6 Å². The first-order chi connectivity index (χ1) is 11.7. The third-order valence-corrected chi connectivity index (χ3v) is 4.86. The van der Waals surface area contributed by atoms with Crippen LogP contribution in [0.5, 0.6) is 0 Å². The van der Waals surface area contributed by atoms with Crippen molar-refractivity contribution in [2.75, 3.05) is 11.9 Å². The summed E-state index contributed by atoms with van der Waals surface area (Å²) in [6, 6.07) is 4.67. The number of carbonyl (C=O) groups excluding carboxylic acids is 1. The third-order valence-electron chi connectivity index (χ3n) is 4.86. The molecule has 1 aliphatic heterocycles. The molecule has 2 amide bonds. The number of rotatable bonds is 3. The number of hydrogen-bond acceptors (Lipinski definition) is 2. The van der Waals surface area contributed by atoms with E-state index in [-0.39, 0.29) is 17.9 Å². The molecule has 1 aromatic carbocycles. The van der Waals surface area contributed by atoms with Crippen LogP contribution in [-0.4, -0.2) is 27.4 Å². The molecule has 2 fully saturated rings. The van der Waals surface area contributed by atoms with Crippen molar-refractivity contribution in [3.63, 3.8) is 0 Å². The van der Waals surface area contributed by atoms with E-state index in [2.05, 4.69) is 15.3 Å². The van der Waals surface area contributed by atoms with E-state index in [9.17, 15) is 9.18 Å². The Kier molecular flexibility index (Phi) is 3.96. The van der Waals surface area contributed by atoms with Crippen molar-refractivity contribution in [1.29, 1.82) is 0 Å². The second-order valence-corrected chi connectivity index (χ2v) is 6.62. The number of amides is 2. The van der Waals surface area contributed by atoms with Crippen LogP contribution in [0.1, 0.15) is 55.5 Å². The van der Waals surface area contributed by atoms with Crippen LogP contribution in [0.4, 0.5) is 14.9 Å². The Morgan fingerprint density at radius 3 is 2.92 bits per heavy atom. The zero-order valence-electron chi connectivity index (χ0n) is 13.5. The Morgan fingerprint density at radius 1 is 1.29 bits per heavy atom. The van der Waals surface area contributed by atoms with E-state index in [1.54, 1.807) is 24.5 Å². The second-order valence-electron chi connectivity index (χ2n) is 6.62. The summed E-state index contributed by atoms with van der Waals surface area (Å²) in [6.45, 7) is 0.702. The van der Waals surface area contributed by atoms with Crippen molar-refractivity contribution in [3.05, 3.63) is 47.8 Å². The minimum absolute atomic E-state index is 0.0305. The number of anilines is 1. The van der Waals surface area contributed by atoms with Gasteiger partial charge in [0.15, 0.2) is 0 Å². The van der Waals surface area contributed by atoms with Crippen LogP contribution in [0.2, 0.25) is 0 Å². The van der Waals surface area contributed by atoms with Crippen LogP contribution >= 0.6 is 0 Å². The molecule has 1 unspecified atom stereocenters. The Balaban J connectivity index is 1.51. The average molecular weight is 328 g/mol. The molecule has 5 nitrogen and oxygen atoms in total. The number of hydrogen-bond donors (Lipinski definition) is 2. The van der Waals surface area contributed by atoms with E-state index in [1.807, 2.05) is 4.90 Å². The van der Waals surface area contributed by atoms with Gasteiger partial charge in [-0.15, -0.1) is 0 Å². The Labute approximate surface area is 140 Å². The lowest BCUT2D eigenvalue weighted by molar-refractivity contribution is 0.160. The van der Waals surface area contributed by atoms with Gasteiger partial charge < -0.3 is 15.2 Å². The number of piperidine rings is 1. The molecule has 2 aromatic rings. The SMILES string of the molecule is O=C(Nc1ccc(F)c(C2CC2)c1)N1CCCCC1c1ncc[nH]1. The zero-order chi connectivity index (χ0) is 16.5. The summed E-state index contributed by atoms with van der Waals surface area (Å²) in [5.74, 6) is 0.956. The predicted molar refractivity (Wildman–Crippen MR) is 89.3 cm³/mol.